The summed E-state index contributed by atoms with van der Waals surface area (Å²) in [6, 6.07) is 18.2. The van der Waals surface area contributed by atoms with Gasteiger partial charge in [0.2, 0.25) is 0 Å². The number of carbonyl (C=O) groups excluding carboxylic acids is 1. The highest BCUT2D eigenvalue weighted by Crippen LogP contribution is 2.31. The van der Waals surface area contributed by atoms with Gasteiger partial charge in [0, 0.05) is 29.7 Å². The van der Waals surface area contributed by atoms with Crippen molar-refractivity contribution in [3.63, 3.8) is 0 Å². The molecule has 0 saturated carbocycles. The van der Waals surface area contributed by atoms with E-state index in [1.807, 2.05) is 48.2 Å². The fraction of sp³-hybridized carbons (Fsp3) is 0.250. The second-order valence-electron chi connectivity index (χ2n) is 7.68. The first-order chi connectivity index (χ1) is 14.7. The van der Waals surface area contributed by atoms with Crippen molar-refractivity contribution in [1.29, 1.82) is 0 Å². The van der Waals surface area contributed by atoms with Crippen LogP contribution in [0.25, 0.3) is 10.9 Å². The van der Waals surface area contributed by atoms with Crippen molar-refractivity contribution in [2.24, 2.45) is 0 Å². The number of rotatable bonds is 6. The minimum absolute atomic E-state index is 0.0664. The van der Waals surface area contributed by atoms with Gasteiger partial charge in [0.1, 0.15) is 6.73 Å². The van der Waals surface area contributed by atoms with Gasteiger partial charge >= 0.3 is 0 Å². The van der Waals surface area contributed by atoms with Crippen LogP contribution in [0.1, 0.15) is 33.0 Å². The summed E-state index contributed by atoms with van der Waals surface area (Å²) < 4.78 is 8.18. The van der Waals surface area contributed by atoms with Crippen molar-refractivity contribution < 1.29 is 9.53 Å². The average Bonchev–Trinajstić information content (AvgIpc) is 3.32. The Kier molecular flexibility index (Phi) is 4.85. The zero-order valence-electron chi connectivity index (χ0n) is 17.0. The molecule has 0 fully saturated rings. The third-order valence-corrected chi connectivity index (χ3v) is 5.81. The fourth-order valence-corrected chi connectivity index (χ4v) is 4.21. The Bertz CT molecular complexity index is 1190. The fourth-order valence-electron chi connectivity index (χ4n) is 4.21. The lowest BCUT2D eigenvalue weighted by atomic mass is 10.0. The highest BCUT2D eigenvalue weighted by Gasteiger charge is 2.31. The first-order valence-electron chi connectivity index (χ1n) is 10.2. The lowest BCUT2D eigenvalue weighted by molar-refractivity contribution is 0.0618. The molecule has 6 heteroatoms. The van der Waals surface area contributed by atoms with E-state index in [4.69, 9.17) is 4.74 Å². The third-order valence-electron chi connectivity index (χ3n) is 5.81. The molecule has 3 heterocycles. The Morgan fingerprint density at radius 1 is 1.10 bits per heavy atom. The highest BCUT2D eigenvalue weighted by molar-refractivity contribution is 6.09. The topological polar surface area (TPSA) is 63.1 Å². The van der Waals surface area contributed by atoms with Crippen LogP contribution in [-0.4, -0.2) is 31.9 Å². The molecule has 2 aromatic heterocycles. The van der Waals surface area contributed by atoms with Crippen molar-refractivity contribution in [1.82, 2.24) is 19.4 Å². The van der Waals surface area contributed by atoms with Gasteiger partial charge in [-0.05, 0) is 18.6 Å². The zero-order chi connectivity index (χ0) is 20.5. The van der Waals surface area contributed by atoms with Gasteiger partial charge < -0.3 is 19.2 Å². The molecule has 0 radical (unpaired) electrons. The number of H-pyrrole nitrogens is 1. The van der Waals surface area contributed by atoms with E-state index in [-0.39, 0.29) is 5.91 Å². The number of aryl methyl sites for hydroxylation is 1. The number of ether oxygens (including phenoxy) is 1. The molecule has 5 rings (SSSR count). The molecule has 1 aliphatic heterocycles. The second-order valence-corrected chi connectivity index (χ2v) is 7.68. The number of nitrogens with one attached hydrogen (secondary N) is 1. The summed E-state index contributed by atoms with van der Waals surface area (Å²) in [4.78, 5) is 22.8. The van der Waals surface area contributed by atoms with Crippen LogP contribution in [0.5, 0.6) is 0 Å². The molecule has 30 heavy (non-hydrogen) atoms. The van der Waals surface area contributed by atoms with Crippen molar-refractivity contribution >= 4 is 16.8 Å². The van der Waals surface area contributed by atoms with Crippen LogP contribution in [0.15, 0.2) is 60.9 Å². The smallest absolute Gasteiger partial charge is 0.256 e. The van der Waals surface area contributed by atoms with Crippen LogP contribution >= 0.6 is 0 Å². The summed E-state index contributed by atoms with van der Waals surface area (Å²) in [6.07, 6.45) is 2.48. The Balaban J connectivity index is 1.43. The standard InChI is InChI=1S/C24H24N4O2/c1-17-20(26-15-25-17)13-27-12-11-22-23(24(27)29)19-9-5-6-10-21(19)28(22)16-30-14-18-7-3-2-4-8-18/h2-10,15H,11-14,16H2,1H3,(H,25,26). The zero-order valence-corrected chi connectivity index (χ0v) is 17.0. The molecular formula is C24H24N4O2. The predicted octanol–water partition coefficient (Wildman–Crippen LogP) is 4.05. The number of benzene rings is 2. The maximum atomic E-state index is 13.4. The number of amides is 1. The van der Waals surface area contributed by atoms with E-state index in [9.17, 15) is 4.79 Å². The molecule has 0 spiro atoms. The van der Waals surface area contributed by atoms with Crippen LogP contribution in [0, 0.1) is 6.92 Å². The Morgan fingerprint density at radius 3 is 2.70 bits per heavy atom. The lowest BCUT2D eigenvalue weighted by Gasteiger charge is -2.27. The van der Waals surface area contributed by atoms with Crippen LogP contribution in [0.4, 0.5) is 0 Å². The van der Waals surface area contributed by atoms with Crippen LogP contribution < -0.4 is 0 Å². The van der Waals surface area contributed by atoms with E-state index < -0.39 is 0 Å². The molecule has 0 unspecified atom stereocenters. The number of imidazole rings is 1. The first-order valence-corrected chi connectivity index (χ1v) is 10.2. The molecule has 0 bridgehead atoms. The van der Waals surface area contributed by atoms with E-state index in [1.165, 1.54) is 0 Å². The molecule has 1 N–H and O–H groups in total. The summed E-state index contributed by atoms with van der Waals surface area (Å²) in [6.45, 7) is 4.15. The highest BCUT2D eigenvalue weighted by atomic mass is 16.5. The first kappa shape index (κ1) is 18.6. The lowest BCUT2D eigenvalue weighted by Crippen LogP contribution is -2.37. The van der Waals surface area contributed by atoms with Crippen LogP contribution in [-0.2, 0) is 31.0 Å². The van der Waals surface area contributed by atoms with Gasteiger partial charge in [0.15, 0.2) is 0 Å². The molecular weight excluding hydrogens is 376 g/mol. The van der Waals surface area contributed by atoms with E-state index >= 15 is 0 Å². The molecule has 0 atom stereocenters. The van der Waals surface area contributed by atoms with E-state index in [0.29, 0.717) is 26.4 Å². The van der Waals surface area contributed by atoms with E-state index in [2.05, 4.69) is 32.7 Å². The van der Waals surface area contributed by atoms with Gasteiger partial charge in [-0.3, -0.25) is 4.79 Å². The monoisotopic (exact) mass is 400 g/mol. The Labute approximate surface area is 175 Å². The molecule has 6 nitrogen and oxygen atoms in total. The van der Waals surface area contributed by atoms with Gasteiger partial charge in [-0.1, -0.05) is 48.5 Å². The van der Waals surface area contributed by atoms with Gasteiger partial charge in [0.25, 0.3) is 5.91 Å². The van der Waals surface area contributed by atoms with E-state index in [1.54, 1.807) is 6.33 Å². The minimum Gasteiger partial charge on any atom is -0.356 e. The molecule has 4 aromatic rings. The number of carbonyl (C=O) groups is 1. The van der Waals surface area contributed by atoms with Gasteiger partial charge in [-0.15, -0.1) is 0 Å². The number of nitrogens with zero attached hydrogens (tertiary/aromatic N) is 3. The molecule has 0 saturated heterocycles. The normalized spacial score (nSPS) is 13.8. The summed E-state index contributed by atoms with van der Waals surface area (Å²) in [7, 11) is 0. The number of aromatic nitrogens is 3. The average molecular weight is 400 g/mol. The Hall–Kier alpha value is -3.38. The van der Waals surface area contributed by atoms with Crippen molar-refractivity contribution in [2.45, 2.75) is 33.2 Å². The molecule has 1 amide bonds. The summed E-state index contributed by atoms with van der Waals surface area (Å²) in [5, 5.41) is 0.990. The molecule has 152 valence electrons. The second kappa shape index (κ2) is 7.80. The maximum Gasteiger partial charge on any atom is 0.256 e. The summed E-state index contributed by atoms with van der Waals surface area (Å²) in [5.74, 6) is 0.0664. The summed E-state index contributed by atoms with van der Waals surface area (Å²) in [5.41, 5.74) is 5.96. The number of para-hydroxylation sites is 1. The third kappa shape index (κ3) is 3.29. The van der Waals surface area contributed by atoms with Gasteiger partial charge in [0.05, 0.1) is 36.3 Å². The minimum atomic E-state index is 0.0664. The maximum absolute atomic E-state index is 13.4. The van der Waals surface area contributed by atoms with E-state index in [0.717, 1.165) is 45.5 Å². The van der Waals surface area contributed by atoms with Gasteiger partial charge in [-0.2, -0.15) is 0 Å². The molecule has 2 aromatic carbocycles. The molecule has 1 aliphatic rings. The molecule has 0 aliphatic carbocycles. The summed E-state index contributed by atoms with van der Waals surface area (Å²) >= 11 is 0. The SMILES string of the molecule is Cc1[nH]cnc1CN1CCc2c(c3ccccc3n2COCc2ccccc2)C1=O. The van der Waals surface area contributed by atoms with Crippen LogP contribution in [0.2, 0.25) is 0 Å². The Morgan fingerprint density at radius 2 is 1.90 bits per heavy atom. The van der Waals surface area contributed by atoms with Crippen molar-refractivity contribution in [2.75, 3.05) is 6.54 Å². The number of hydrogen-bond donors (Lipinski definition) is 1. The van der Waals surface area contributed by atoms with Crippen molar-refractivity contribution in [3.05, 3.63) is 89.1 Å². The number of hydrogen-bond acceptors (Lipinski definition) is 3. The van der Waals surface area contributed by atoms with Crippen molar-refractivity contribution in [3.8, 4) is 0 Å². The van der Waals surface area contributed by atoms with Gasteiger partial charge in [-0.25, -0.2) is 4.98 Å². The van der Waals surface area contributed by atoms with Crippen LogP contribution in [0.3, 0.4) is 0 Å². The number of fused-ring (bicyclic) bond motifs is 3. The predicted molar refractivity (Wildman–Crippen MR) is 115 cm³/mol. The largest absolute Gasteiger partial charge is 0.356 e. The quantitative estimate of drug-likeness (QED) is 0.531. The number of aromatic amines is 1.